The van der Waals surface area contributed by atoms with E-state index in [1.165, 1.54) is 16.7 Å². The largest absolute Gasteiger partial charge is 0.396 e. The number of nitrogens with zero attached hydrogens (tertiary/aromatic N) is 1. The van der Waals surface area contributed by atoms with Crippen LogP contribution >= 0.6 is 0 Å². The molecule has 2 N–H and O–H groups in total. The molecule has 0 spiro atoms. The summed E-state index contributed by atoms with van der Waals surface area (Å²) in [6.45, 7) is 3.04. The molecular weight excluding hydrogens is 264 g/mol. The van der Waals surface area contributed by atoms with E-state index >= 15 is 0 Å². The van der Waals surface area contributed by atoms with E-state index < -0.39 is 0 Å². The molecule has 21 heavy (non-hydrogen) atoms. The predicted octanol–water partition coefficient (Wildman–Crippen LogP) is 1.85. The zero-order valence-corrected chi connectivity index (χ0v) is 12.0. The van der Waals surface area contributed by atoms with Crippen molar-refractivity contribution in [3.63, 3.8) is 0 Å². The molecule has 0 aliphatic carbocycles. The fourth-order valence-electron chi connectivity index (χ4n) is 2.52. The van der Waals surface area contributed by atoms with Crippen LogP contribution in [0.15, 0.2) is 48.8 Å². The van der Waals surface area contributed by atoms with Gasteiger partial charge in [0, 0.05) is 25.5 Å². The second kappa shape index (κ2) is 6.35. The predicted molar refractivity (Wildman–Crippen MR) is 81.7 cm³/mol. The molecule has 0 bridgehead atoms. The third kappa shape index (κ3) is 3.29. The van der Waals surface area contributed by atoms with Crippen molar-refractivity contribution in [2.45, 2.75) is 6.54 Å². The summed E-state index contributed by atoms with van der Waals surface area (Å²) in [5, 5.41) is 12.8. The molecule has 3 rings (SSSR count). The molecule has 1 saturated heterocycles. The lowest BCUT2D eigenvalue weighted by atomic mass is 9.87. The van der Waals surface area contributed by atoms with Crippen LogP contribution in [0.2, 0.25) is 0 Å². The van der Waals surface area contributed by atoms with Crippen molar-refractivity contribution in [2.75, 3.05) is 26.4 Å². The summed E-state index contributed by atoms with van der Waals surface area (Å²) >= 11 is 0. The minimum absolute atomic E-state index is 0.0806. The molecule has 1 aromatic carbocycles. The number of ether oxygens (including phenoxy) is 1. The van der Waals surface area contributed by atoms with Crippen LogP contribution in [-0.4, -0.2) is 36.5 Å². The number of hydrogen-bond donors (Lipinski definition) is 2. The summed E-state index contributed by atoms with van der Waals surface area (Å²) in [5.74, 6) is 0. The summed E-state index contributed by atoms with van der Waals surface area (Å²) < 4.78 is 5.20. The minimum Gasteiger partial charge on any atom is -0.396 e. The molecule has 0 saturated carbocycles. The summed E-state index contributed by atoms with van der Waals surface area (Å²) in [4.78, 5) is 4.05. The molecule has 2 heterocycles. The van der Waals surface area contributed by atoms with Gasteiger partial charge in [0.25, 0.3) is 0 Å². The highest BCUT2D eigenvalue weighted by atomic mass is 16.5. The molecule has 0 unspecified atom stereocenters. The van der Waals surface area contributed by atoms with Crippen LogP contribution in [-0.2, 0) is 11.3 Å². The van der Waals surface area contributed by atoms with Crippen molar-refractivity contribution in [3.8, 4) is 11.1 Å². The Morgan fingerprint density at radius 1 is 1.14 bits per heavy atom. The Bertz CT molecular complexity index is 577. The molecule has 2 aromatic rings. The monoisotopic (exact) mass is 284 g/mol. The zero-order chi connectivity index (χ0) is 14.5. The van der Waals surface area contributed by atoms with Gasteiger partial charge < -0.3 is 15.2 Å². The van der Waals surface area contributed by atoms with Crippen molar-refractivity contribution in [1.29, 1.82) is 0 Å². The summed E-state index contributed by atoms with van der Waals surface area (Å²) in [7, 11) is 0. The molecule has 1 fully saturated rings. The average Bonchev–Trinajstić information content (AvgIpc) is 2.51. The Kier molecular flexibility index (Phi) is 4.29. The Morgan fingerprint density at radius 2 is 1.95 bits per heavy atom. The first-order valence-electron chi connectivity index (χ1n) is 7.20. The summed E-state index contributed by atoms with van der Waals surface area (Å²) in [6, 6.07) is 12.5. The number of pyridine rings is 1. The maximum atomic E-state index is 9.40. The van der Waals surface area contributed by atoms with Crippen molar-refractivity contribution < 1.29 is 9.84 Å². The van der Waals surface area contributed by atoms with Crippen molar-refractivity contribution in [1.82, 2.24) is 10.3 Å². The number of hydrogen-bond acceptors (Lipinski definition) is 4. The number of rotatable bonds is 6. The fourth-order valence-corrected chi connectivity index (χ4v) is 2.52. The SMILES string of the molecule is OCC1(CNCc2cccc(-c3ccncc3)c2)COC1. The highest BCUT2D eigenvalue weighted by Crippen LogP contribution is 2.26. The van der Waals surface area contributed by atoms with Gasteiger partial charge in [-0.1, -0.05) is 18.2 Å². The lowest BCUT2D eigenvalue weighted by molar-refractivity contribution is -0.134. The van der Waals surface area contributed by atoms with Gasteiger partial charge in [-0.25, -0.2) is 0 Å². The highest BCUT2D eigenvalue weighted by Gasteiger charge is 2.37. The van der Waals surface area contributed by atoms with E-state index in [0.717, 1.165) is 13.1 Å². The van der Waals surface area contributed by atoms with Gasteiger partial charge in [-0.3, -0.25) is 4.98 Å². The molecule has 4 heteroatoms. The first-order chi connectivity index (χ1) is 10.3. The van der Waals surface area contributed by atoms with Crippen molar-refractivity contribution in [2.24, 2.45) is 5.41 Å². The highest BCUT2D eigenvalue weighted by molar-refractivity contribution is 5.63. The maximum Gasteiger partial charge on any atom is 0.0579 e. The summed E-state index contributed by atoms with van der Waals surface area (Å²) in [6.07, 6.45) is 3.61. The van der Waals surface area contributed by atoms with Crippen LogP contribution in [0.4, 0.5) is 0 Å². The molecule has 0 radical (unpaired) electrons. The van der Waals surface area contributed by atoms with Crippen LogP contribution in [0, 0.1) is 5.41 Å². The van der Waals surface area contributed by atoms with Gasteiger partial charge in [0.1, 0.15) is 0 Å². The summed E-state index contributed by atoms with van der Waals surface area (Å²) in [5.41, 5.74) is 3.52. The normalized spacial score (nSPS) is 16.4. The second-order valence-electron chi connectivity index (χ2n) is 5.69. The molecule has 1 aliphatic rings. The van der Waals surface area contributed by atoms with Crippen LogP contribution < -0.4 is 5.32 Å². The Hall–Kier alpha value is -1.75. The average molecular weight is 284 g/mol. The van der Waals surface area contributed by atoms with Gasteiger partial charge >= 0.3 is 0 Å². The number of nitrogens with one attached hydrogen (secondary N) is 1. The molecular formula is C17H20N2O2. The van der Waals surface area contributed by atoms with Crippen LogP contribution in [0.3, 0.4) is 0 Å². The van der Waals surface area contributed by atoms with E-state index in [1.54, 1.807) is 0 Å². The van der Waals surface area contributed by atoms with Crippen LogP contribution in [0.5, 0.6) is 0 Å². The van der Waals surface area contributed by atoms with Gasteiger partial charge in [0.15, 0.2) is 0 Å². The van der Waals surface area contributed by atoms with Crippen molar-refractivity contribution >= 4 is 0 Å². The van der Waals surface area contributed by atoms with Gasteiger partial charge in [-0.2, -0.15) is 0 Å². The fraction of sp³-hybridized carbons (Fsp3) is 0.353. The minimum atomic E-state index is -0.0806. The third-order valence-corrected chi connectivity index (χ3v) is 3.92. The van der Waals surface area contributed by atoms with E-state index in [9.17, 15) is 5.11 Å². The molecule has 0 amide bonds. The van der Waals surface area contributed by atoms with Gasteiger partial charge in [-0.15, -0.1) is 0 Å². The standard InChI is InChI=1S/C17H20N2O2/c20-11-17(12-21-13-17)10-19-9-14-2-1-3-16(8-14)15-4-6-18-7-5-15/h1-8,19-20H,9-13H2. The molecule has 110 valence electrons. The van der Waals surface area contributed by atoms with Crippen LogP contribution in [0.25, 0.3) is 11.1 Å². The van der Waals surface area contributed by atoms with E-state index in [2.05, 4.69) is 34.6 Å². The van der Waals surface area contributed by atoms with E-state index in [-0.39, 0.29) is 12.0 Å². The zero-order valence-electron chi connectivity index (χ0n) is 12.0. The first kappa shape index (κ1) is 14.2. The van der Waals surface area contributed by atoms with Crippen LogP contribution in [0.1, 0.15) is 5.56 Å². The Balaban J connectivity index is 1.61. The first-order valence-corrected chi connectivity index (χ1v) is 7.20. The van der Waals surface area contributed by atoms with Gasteiger partial charge in [0.2, 0.25) is 0 Å². The quantitative estimate of drug-likeness (QED) is 0.850. The maximum absolute atomic E-state index is 9.40. The van der Waals surface area contributed by atoms with Gasteiger partial charge in [0.05, 0.1) is 25.2 Å². The Labute approximate surface area is 124 Å². The number of aliphatic hydroxyl groups is 1. The molecule has 1 aliphatic heterocycles. The molecule has 1 aromatic heterocycles. The van der Waals surface area contributed by atoms with E-state index in [4.69, 9.17) is 4.74 Å². The van der Waals surface area contributed by atoms with E-state index in [0.29, 0.717) is 13.2 Å². The lowest BCUT2D eigenvalue weighted by Gasteiger charge is -2.40. The topological polar surface area (TPSA) is 54.4 Å². The molecule has 4 nitrogen and oxygen atoms in total. The lowest BCUT2D eigenvalue weighted by Crippen LogP contribution is -2.52. The van der Waals surface area contributed by atoms with Gasteiger partial charge in [-0.05, 0) is 34.9 Å². The third-order valence-electron chi connectivity index (χ3n) is 3.92. The molecule has 0 atom stereocenters. The number of benzene rings is 1. The smallest absolute Gasteiger partial charge is 0.0579 e. The number of aromatic nitrogens is 1. The van der Waals surface area contributed by atoms with Crippen molar-refractivity contribution in [3.05, 3.63) is 54.4 Å². The Morgan fingerprint density at radius 3 is 2.62 bits per heavy atom. The van der Waals surface area contributed by atoms with E-state index in [1.807, 2.05) is 24.5 Å². The second-order valence-corrected chi connectivity index (χ2v) is 5.69. The number of aliphatic hydroxyl groups excluding tert-OH is 1.